The van der Waals surface area contributed by atoms with Gasteiger partial charge in [0.2, 0.25) is 0 Å². The molecule has 0 aromatic carbocycles. The molecule has 0 aliphatic heterocycles. The Bertz CT molecular complexity index is 405. The average Bonchev–Trinajstić information content (AvgIpc) is 2.95. The first-order valence-corrected chi connectivity index (χ1v) is 7.13. The first-order valence-electron chi connectivity index (χ1n) is 5.43. The van der Waals surface area contributed by atoms with Crippen LogP contribution in [0.1, 0.15) is 29.4 Å². The first-order chi connectivity index (χ1) is 7.81. The number of anilines is 1. The van der Waals surface area contributed by atoms with Crippen molar-refractivity contribution in [1.29, 1.82) is 0 Å². The third-order valence-corrected chi connectivity index (χ3v) is 4.25. The van der Waals surface area contributed by atoms with Crippen LogP contribution >= 0.6 is 22.7 Å². The fourth-order valence-electron chi connectivity index (χ4n) is 1.29. The quantitative estimate of drug-likeness (QED) is 0.888. The fourth-order valence-corrected chi connectivity index (χ4v) is 2.89. The molecule has 0 unspecified atom stereocenters. The van der Waals surface area contributed by atoms with Crippen molar-refractivity contribution in [3.8, 4) is 0 Å². The predicted octanol–water partition coefficient (Wildman–Crippen LogP) is 3.34. The van der Waals surface area contributed by atoms with E-state index >= 15 is 0 Å². The minimum atomic E-state index is 0.779. The van der Waals surface area contributed by atoms with Crippen molar-refractivity contribution < 1.29 is 0 Å². The van der Waals surface area contributed by atoms with Crippen LogP contribution in [0, 0.1) is 0 Å². The van der Waals surface area contributed by atoms with E-state index < -0.39 is 0 Å². The summed E-state index contributed by atoms with van der Waals surface area (Å²) in [6.07, 6.45) is 4.02. The summed E-state index contributed by atoms with van der Waals surface area (Å²) in [4.78, 5) is 10.2. The van der Waals surface area contributed by atoms with Gasteiger partial charge in [-0.25, -0.2) is 9.97 Å². The molecule has 3 nitrogen and oxygen atoms in total. The van der Waals surface area contributed by atoms with Gasteiger partial charge in [0.1, 0.15) is 5.01 Å². The van der Waals surface area contributed by atoms with Crippen LogP contribution in [0.2, 0.25) is 0 Å². The van der Waals surface area contributed by atoms with Crippen LogP contribution < -0.4 is 5.32 Å². The predicted molar refractivity (Wildman–Crippen MR) is 70.3 cm³/mol. The van der Waals surface area contributed by atoms with Gasteiger partial charge < -0.3 is 5.32 Å². The minimum Gasteiger partial charge on any atom is -0.355 e. The topological polar surface area (TPSA) is 37.8 Å². The van der Waals surface area contributed by atoms with E-state index in [0.29, 0.717) is 0 Å². The third kappa shape index (κ3) is 2.80. The smallest absolute Gasteiger partial charge is 0.183 e. The van der Waals surface area contributed by atoms with Crippen LogP contribution in [0.3, 0.4) is 0 Å². The van der Waals surface area contributed by atoms with Crippen molar-refractivity contribution in [2.45, 2.75) is 33.2 Å². The van der Waals surface area contributed by atoms with Crippen LogP contribution in [0.25, 0.3) is 0 Å². The molecule has 0 bridgehead atoms. The molecule has 2 aromatic heterocycles. The summed E-state index contributed by atoms with van der Waals surface area (Å²) >= 11 is 3.43. The number of hydrogen-bond acceptors (Lipinski definition) is 5. The number of nitrogens with one attached hydrogen (secondary N) is 1. The van der Waals surface area contributed by atoms with Gasteiger partial charge in [0.15, 0.2) is 5.13 Å². The van der Waals surface area contributed by atoms with Crippen LogP contribution in [0.4, 0.5) is 5.13 Å². The Morgan fingerprint density at radius 3 is 2.81 bits per heavy atom. The van der Waals surface area contributed by atoms with Crippen molar-refractivity contribution >= 4 is 27.8 Å². The Hall–Kier alpha value is -0.940. The van der Waals surface area contributed by atoms with Crippen molar-refractivity contribution in [1.82, 2.24) is 9.97 Å². The molecule has 2 aromatic rings. The number of nitrogens with zero attached hydrogens (tertiary/aromatic N) is 2. The lowest BCUT2D eigenvalue weighted by molar-refractivity contribution is 1.04. The zero-order valence-corrected chi connectivity index (χ0v) is 11.1. The molecule has 5 heteroatoms. The number of thiazole rings is 2. The zero-order chi connectivity index (χ0) is 11.4. The van der Waals surface area contributed by atoms with Crippen LogP contribution in [-0.2, 0) is 19.4 Å². The average molecular weight is 253 g/mol. The highest BCUT2D eigenvalue weighted by molar-refractivity contribution is 7.13. The van der Waals surface area contributed by atoms with E-state index in [2.05, 4.69) is 34.5 Å². The molecule has 1 N–H and O–H groups in total. The summed E-state index contributed by atoms with van der Waals surface area (Å²) in [5.41, 5.74) is 1.15. The van der Waals surface area contributed by atoms with Gasteiger partial charge in [0.25, 0.3) is 0 Å². The second-order valence-electron chi connectivity index (χ2n) is 3.42. The Morgan fingerprint density at radius 2 is 2.19 bits per heavy atom. The van der Waals surface area contributed by atoms with Gasteiger partial charge in [-0.15, -0.1) is 22.7 Å². The molecular formula is C11H15N3S2. The van der Waals surface area contributed by atoms with E-state index in [1.165, 1.54) is 4.88 Å². The fraction of sp³-hybridized carbons (Fsp3) is 0.455. The summed E-state index contributed by atoms with van der Waals surface area (Å²) in [6, 6.07) is 0. The summed E-state index contributed by atoms with van der Waals surface area (Å²) in [5, 5.41) is 7.53. The maximum atomic E-state index is 4.46. The lowest BCUT2D eigenvalue weighted by Crippen LogP contribution is -1.98. The molecular weight excluding hydrogens is 238 g/mol. The van der Waals surface area contributed by atoms with Gasteiger partial charge in [-0.05, 0) is 12.8 Å². The van der Waals surface area contributed by atoms with Crippen LogP contribution in [0.15, 0.2) is 11.6 Å². The normalized spacial score (nSPS) is 10.6. The molecule has 0 radical (unpaired) electrons. The molecule has 0 saturated carbocycles. The molecule has 0 spiro atoms. The highest BCUT2D eigenvalue weighted by Gasteiger charge is 2.03. The molecule has 0 aliphatic carbocycles. The maximum Gasteiger partial charge on any atom is 0.183 e. The van der Waals surface area contributed by atoms with Crippen LogP contribution in [0.5, 0.6) is 0 Å². The SMILES string of the molecule is CCc1csc(NCc2ncc(CC)s2)n1. The van der Waals surface area contributed by atoms with E-state index in [1.54, 1.807) is 22.7 Å². The third-order valence-electron chi connectivity index (χ3n) is 2.25. The summed E-state index contributed by atoms with van der Waals surface area (Å²) in [5.74, 6) is 0. The lowest BCUT2D eigenvalue weighted by atomic mass is 10.4. The monoisotopic (exact) mass is 253 g/mol. The lowest BCUT2D eigenvalue weighted by Gasteiger charge is -1.97. The Labute approximate surface area is 104 Å². The highest BCUT2D eigenvalue weighted by atomic mass is 32.1. The molecule has 0 atom stereocenters. The Balaban J connectivity index is 1.91. The summed E-state index contributed by atoms with van der Waals surface area (Å²) in [6.45, 7) is 5.05. The van der Waals surface area contributed by atoms with Crippen molar-refractivity contribution in [3.05, 3.63) is 27.2 Å². The standard InChI is InChI=1S/C11H15N3S2/c1-3-8-7-15-11(14-8)13-6-10-12-5-9(4-2)16-10/h5,7H,3-4,6H2,1-2H3,(H,13,14). The zero-order valence-electron chi connectivity index (χ0n) is 9.49. The molecule has 0 aliphatic rings. The number of rotatable bonds is 5. The molecule has 2 rings (SSSR count). The minimum absolute atomic E-state index is 0.779. The number of hydrogen-bond donors (Lipinski definition) is 1. The van der Waals surface area contributed by atoms with Gasteiger partial charge in [0, 0.05) is 16.5 Å². The van der Waals surface area contributed by atoms with Gasteiger partial charge in [-0.1, -0.05) is 13.8 Å². The van der Waals surface area contributed by atoms with Gasteiger partial charge >= 0.3 is 0 Å². The van der Waals surface area contributed by atoms with Gasteiger partial charge in [-0.3, -0.25) is 0 Å². The highest BCUT2D eigenvalue weighted by Crippen LogP contribution is 2.18. The molecule has 0 saturated heterocycles. The van der Waals surface area contributed by atoms with Crippen molar-refractivity contribution in [2.24, 2.45) is 0 Å². The molecule has 0 amide bonds. The van der Waals surface area contributed by atoms with Crippen molar-refractivity contribution in [2.75, 3.05) is 5.32 Å². The van der Waals surface area contributed by atoms with Gasteiger partial charge in [-0.2, -0.15) is 0 Å². The van der Waals surface area contributed by atoms with E-state index in [-0.39, 0.29) is 0 Å². The van der Waals surface area contributed by atoms with E-state index in [0.717, 1.165) is 35.2 Å². The molecule has 16 heavy (non-hydrogen) atoms. The molecule has 86 valence electrons. The van der Waals surface area contributed by atoms with E-state index in [1.807, 2.05) is 6.20 Å². The second kappa shape index (κ2) is 5.41. The Morgan fingerprint density at radius 1 is 1.31 bits per heavy atom. The Kier molecular flexibility index (Phi) is 3.90. The summed E-state index contributed by atoms with van der Waals surface area (Å²) in [7, 11) is 0. The molecule has 0 fully saturated rings. The van der Waals surface area contributed by atoms with E-state index in [4.69, 9.17) is 0 Å². The van der Waals surface area contributed by atoms with Crippen LogP contribution in [-0.4, -0.2) is 9.97 Å². The van der Waals surface area contributed by atoms with E-state index in [9.17, 15) is 0 Å². The number of aromatic nitrogens is 2. The summed E-state index contributed by atoms with van der Waals surface area (Å²) < 4.78 is 0. The first kappa shape index (κ1) is 11.5. The second-order valence-corrected chi connectivity index (χ2v) is 5.48. The van der Waals surface area contributed by atoms with Gasteiger partial charge in [0.05, 0.1) is 12.2 Å². The molecule has 2 heterocycles. The van der Waals surface area contributed by atoms with Crippen molar-refractivity contribution in [3.63, 3.8) is 0 Å². The largest absolute Gasteiger partial charge is 0.355 e. The number of aryl methyl sites for hydroxylation is 2. The maximum absolute atomic E-state index is 4.46.